The number of ether oxygens (including phenoxy) is 3. The molecule has 1 aliphatic rings. The number of anilines is 1. The number of ketones is 1. The number of rotatable bonds is 12. The molecule has 6 nitrogen and oxygen atoms in total. The number of halogens is 2. The van der Waals surface area contributed by atoms with Crippen molar-refractivity contribution in [1.29, 1.82) is 0 Å². The monoisotopic (exact) mass is 592 g/mol. The van der Waals surface area contributed by atoms with E-state index in [4.69, 9.17) is 14.2 Å². The Morgan fingerprint density at radius 1 is 0.929 bits per heavy atom. The van der Waals surface area contributed by atoms with Gasteiger partial charge in [-0.25, -0.2) is 13.8 Å². The highest BCUT2D eigenvalue weighted by Crippen LogP contribution is 2.34. The van der Waals surface area contributed by atoms with E-state index in [9.17, 15) is 13.6 Å². The smallest absolute Gasteiger partial charge is 0.207 e. The zero-order valence-corrected chi connectivity index (χ0v) is 24.4. The third-order valence-electron chi connectivity index (χ3n) is 7.69. The molecule has 5 unspecified atom stereocenters. The zero-order chi connectivity index (χ0) is 29.5. The van der Waals surface area contributed by atoms with Crippen molar-refractivity contribution in [3.8, 4) is 0 Å². The van der Waals surface area contributed by atoms with E-state index < -0.39 is 17.4 Å². The maximum Gasteiger partial charge on any atom is 0.207 e. The fourth-order valence-corrected chi connectivity index (χ4v) is 5.88. The highest BCUT2D eigenvalue weighted by Gasteiger charge is 2.42. The van der Waals surface area contributed by atoms with Crippen LogP contribution in [-0.4, -0.2) is 42.2 Å². The second-order valence-corrected chi connectivity index (χ2v) is 11.6. The zero-order valence-electron chi connectivity index (χ0n) is 23.5. The van der Waals surface area contributed by atoms with E-state index in [-0.39, 0.29) is 40.6 Å². The fourth-order valence-electron chi connectivity index (χ4n) is 5.11. The van der Waals surface area contributed by atoms with Gasteiger partial charge < -0.3 is 19.5 Å². The van der Waals surface area contributed by atoms with Crippen molar-refractivity contribution in [1.82, 2.24) is 4.98 Å². The Morgan fingerprint density at radius 2 is 1.62 bits per heavy atom. The number of benzene rings is 3. The molecular weight excluding hydrogens is 558 g/mol. The van der Waals surface area contributed by atoms with E-state index in [1.807, 2.05) is 60.7 Å². The molecule has 9 heteroatoms. The summed E-state index contributed by atoms with van der Waals surface area (Å²) in [6.07, 6.45) is 0.742. The summed E-state index contributed by atoms with van der Waals surface area (Å²) in [5, 5.41) is 3.78. The molecule has 2 heterocycles. The Hall–Kier alpha value is -3.50. The summed E-state index contributed by atoms with van der Waals surface area (Å²) in [5.74, 6) is -1.82. The summed E-state index contributed by atoms with van der Waals surface area (Å²) >= 11 is 1.11. The lowest BCUT2D eigenvalue weighted by atomic mass is 9.81. The van der Waals surface area contributed by atoms with Gasteiger partial charge in [0.15, 0.2) is 5.13 Å². The number of nitrogens with zero attached hydrogens (tertiary/aromatic N) is 1. The van der Waals surface area contributed by atoms with Gasteiger partial charge in [-0.1, -0.05) is 85.8 Å². The average molecular weight is 593 g/mol. The number of nitrogens with one attached hydrogen (secondary N) is 1. The quantitative estimate of drug-likeness (QED) is 0.180. The molecule has 0 bridgehead atoms. The predicted molar refractivity (Wildman–Crippen MR) is 159 cm³/mol. The van der Waals surface area contributed by atoms with Crippen LogP contribution in [0.5, 0.6) is 0 Å². The van der Waals surface area contributed by atoms with Crippen LogP contribution in [0.1, 0.15) is 40.2 Å². The largest absolute Gasteiger partial charge is 0.374 e. The molecule has 0 radical (unpaired) electrons. The van der Waals surface area contributed by atoms with Gasteiger partial charge in [0, 0.05) is 12.6 Å². The Bertz CT molecular complexity index is 1450. The number of hydrogen-bond acceptors (Lipinski definition) is 7. The van der Waals surface area contributed by atoms with E-state index >= 15 is 0 Å². The molecule has 1 fully saturated rings. The van der Waals surface area contributed by atoms with Crippen LogP contribution in [0, 0.1) is 23.5 Å². The molecule has 0 saturated carbocycles. The normalized spacial score (nSPS) is 22.1. The summed E-state index contributed by atoms with van der Waals surface area (Å²) < 4.78 is 46.6. The molecule has 5 atom stereocenters. The minimum Gasteiger partial charge on any atom is -0.374 e. The molecule has 1 aliphatic heterocycles. The topological polar surface area (TPSA) is 69.7 Å². The molecule has 5 rings (SSSR count). The Kier molecular flexibility index (Phi) is 10.1. The summed E-state index contributed by atoms with van der Waals surface area (Å²) in [7, 11) is 0. The van der Waals surface area contributed by atoms with E-state index in [2.05, 4.69) is 24.1 Å². The molecule has 0 aliphatic carbocycles. The maximum absolute atomic E-state index is 14.2. The van der Waals surface area contributed by atoms with Gasteiger partial charge in [-0.3, -0.25) is 4.79 Å². The van der Waals surface area contributed by atoms with Crippen LogP contribution in [0.15, 0.2) is 85.1 Å². The number of aromatic nitrogens is 1. The summed E-state index contributed by atoms with van der Waals surface area (Å²) in [5.41, 5.74) is 1.98. The predicted octanol–water partition coefficient (Wildman–Crippen LogP) is 6.91. The van der Waals surface area contributed by atoms with Gasteiger partial charge in [-0.2, -0.15) is 0 Å². The summed E-state index contributed by atoms with van der Waals surface area (Å²) in [6, 6.07) is 22.9. The first kappa shape index (κ1) is 30.0. The lowest BCUT2D eigenvalue weighted by molar-refractivity contribution is -0.199. The highest BCUT2D eigenvalue weighted by molar-refractivity contribution is 7.17. The minimum absolute atomic E-state index is 0.137. The first-order valence-electron chi connectivity index (χ1n) is 14.0. The van der Waals surface area contributed by atoms with Crippen molar-refractivity contribution >= 4 is 22.3 Å². The minimum atomic E-state index is -0.902. The molecule has 42 heavy (non-hydrogen) atoms. The van der Waals surface area contributed by atoms with Crippen LogP contribution in [0.3, 0.4) is 0 Å². The van der Waals surface area contributed by atoms with Crippen molar-refractivity contribution in [2.75, 3.05) is 18.5 Å². The summed E-state index contributed by atoms with van der Waals surface area (Å²) in [6.45, 7) is 6.13. The first-order valence-corrected chi connectivity index (χ1v) is 14.8. The molecule has 0 amide bonds. The van der Waals surface area contributed by atoms with Crippen LogP contribution < -0.4 is 5.32 Å². The summed E-state index contributed by atoms with van der Waals surface area (Å²) in [4.78, 5) is 17.4. The van der Waals surface area contributed by atoms with Crippen LogP contribution >= 0.6 is 11.3 Å². The molecular formula is C33H34F2N2O4S. The van der Waals surface area contributed by atoms with Crippen LogP contribution in [-0.2, 0) is 27.4 Å². The lowest BCUT2D eigenvalue weighted by Crippen LogP contribution is -2.54. The Morgan fingerprint density at radius 3 is 2.31 bits per heavy atom. The molecule has 1 saturated heterocycles. The third kappa shape index (κ3) is 7.46. The average Bonchev–Trinajstić information content (AvgIpc) is 3.48. The van der Waals surface area contributed by atoms with E-state index in [1.54, 1.807) is 0 Å². The van der Waals surface area contributed by atoms with Crippen molar-refractivity contribution in [3.63, 3.8) is 0 Å². The van der Waals surface area contributed by atoms with Crippen molar-refractivity contribution in [2.45, 2.75) is 45.4 Å². The fraction of sp³-hybridized carbons (Fsp3) is 0.333. The van der Waals surface area contributed by atoms with Crippen LogP contribution in [0.2, 0.25) is 0 Å². The van der Waals surface area contributed by atoms with Crippen molar-refractivity contribution in [3.05, 3.63) is 118 Å². The lowest BCUT2D eigenvalue weighted by Gasteiger charge is -2.44. The maximum atomic E-state index is 14.2. The number of hydrogen-bond donors (Lipinski definition) is 1. The van der Waals surface area contributed by atoms with Gasteiger partial charge >= 0.3 is 0 Å². The SMILES string of the molecule is CC1C(COCc2ccccc2)OC(CNc2ncc(C(=O)c3ccc(F)cc3F)s2)C(OCc2ccccc2)C1C. The van der Waals surface area contributed by atoms with Gasteiger partial charge in [0.25, 0.3) is 0 Å². The molecule has 1 N–H and O–H groups in total. The molecule has 220 valence electrons. The first-order chi connectivity index (χ1) is 20.4. The van der Waals surface area contributed by atoms with Gasteiger partial charge in [0.05, 0.1) is 48.7 Å². The van der Waals surface area contributed by atoms with Crippen LogP contribution in [0.4, 0.5) is 13.9 Å². The van der Waals surface area contributed by atoms with Crippen molar-refractivity contribution in [2.24, 2.45) is 11.8 Å². The number of carbonyl (C=O) groups is 1. The molecule has 0 spiro atoms. The third-order valence-corrected chi connectivity index (χ3v) is 8.64. The van der Waals surface area contributed by atoms with E-state index in [0.717, 1.165) is 34.6 Å². The van der Waals surface area contributed by atoms with Gasteiger partial charge in [0.2, 0.25) is 5.78 Å². The second-order valence-electron chi connectivity index (χ2n) is 10.6. The highest BCUT2D eigenvalue weighted by atomic mass is 32.1. The molecule has 3 aromatic carbocycles. The van der Waals surface area contributed by atoms with Crippen LogP contribution in [0.25, 0.3) is 0 Å². The van der Waals surface area contributed by atoms with Crippen molar-refractivity contribution < 1.29 is 27.8 Å². The Labute approximate surface area is 248 Å². The van der Waals surface area contributed by atoms with Gasteiger partial charge in [-0.15, -0.1) is 0 Å². The molecule has 1 aromatic heterocycles. The van der Waals surface area contributed by atoms with E-state index in [1.165, 1.54) is 6.20 Å². The van der Waals surface area contributed by atoms with Gasteiger partial charge in [0.1, 0.15) is 17.7 Å². The van der Waals surface area contributed by atoms with Gasteiger partial charge in [-0.05, 0) is 35.1 Å². The Balaban J connectivity index is 1.26. The number of carbonyl (C=O) groups excluding carboxylic acids is 1. The number of thiazole rings is 1. The second kappa shape index (κ2) is 14.1. The molecule has 4 aromatic rings. The van der Waals surface area contributed by atoms with E-state index in [0.29, 0.717) is 37.6 Å². The standard InChI is InChI=1S/C33H34F2N2O4S/c1-21-22(2)32(40-19-24-11-7-4-8-12-24)28(41-29(21)20-39-18-23-9-5-3-6-10-23)16-36-33-37-17-30(42-33)31(38)26-14-13-25(34)15-27(26)35/h3-15,17,21-22,28-29,32H,16,18-20H2,1-2H3,(H,36,37).